The zero-order valence-corrected chi connectivity index (χ0v) is 12.0. The van der Waals surface area contributed by atoms with Gasteiger partial charge in [-0.15, -0.1) is 11.3 Å². The smallest absolute Gasteiger partial charge is 0.310 e. The molecule has 0 unspecified atom stereocenters. The second kappa shape index (κ2) is 5.79. The Kier molecular flexibility index (Phi) is 4.50. The number of halogens is 3. The first kappa shape index (κ1) is 14.8. The molecule has 0 radical (unpaired) electrons. The van der Waals surface area contributed by atoms with Crippen LogP contribution in [-0.2, 0) is 12.7 Å². The van der Waals surface area contributed by atoms with Crippen molar-refractivity contribution in [3.63, 3.8) is 0 Å². The Bertz CT molecular complexity index is 420. The fourth-order valence-electron chi connectivity index (χ4n) is 2.36. The number of rotatable bonds is 4. The Morgan fingerprint density at radius 3 is 2.47 bits per heavy atom. The van der Waals surface area contributed by atoms with Crippen LogP contribution in [0.4, 0.5) is 13.2 Å². The van der Waals surface area contributed by atoms with Gasteiger partial charge in [0.1, 0.15) is 0 Å². The maximum Gasteiger partial charge on any atom is 0.434 e. The summed E-state index contributed by atoms with van der Waals surface area (Å²) in [7, 11) is 0. The summed E-state index contributed by atoms with van der Waals surface area (Å²) in [6, 6.07) is 0.165. The van der Waals surface area contributed by atoms with E-state index in [0.717, 1.165) is 25.7 Å². The van der Waals surface area contributed by atoms with Crippen molar-refractivity contribution in [1.29, 1.82) is 0 Å². The summed E-state index contributed by atoms with van der Waals surface area (Å²) in [5, 5.41) is 3.72. The van der Waals surface area contributed by atoms with Crippen LogP contribution in [0.5, 0.6) is 0 Å². The summed E-state index contributed by atoms with van der Waals surface area (Å²) in [6.07, 6.45) is -0.193. The van der Waals surface area contributed by atoms with E-state index in [9.17, 15) is 13.2 Å². The molecule has 1 aromatic rings. The van der Waals surface area contributed by atoms with Crippen LogP contribution in [0.3, 0.4) is 0 Å². The molecule has 1 aliphatic rings. The molecule has 0 spiro atoms. The number of aromatic nitrogens is 1. The Hall–Kier alpha value is -0.620. The molecule has 0 aromatic carbocycles. The number of hydrogen-bond donors (Lipinski definition) is 1. The molecular formula is C13H19F3N2S. The molecule has 2 nitrogen and oxygen atoms in total. The lowest BCUT2D eigenvalue weighted by molar-refractivity contribution is -0.141. The summed E-state index contributed by atoms with van der Waals surface area (Å²) >= 11 is 1.23. The molecule has 0 bridgehead atoms. The summed E-state index contributed by atoms with van der Waals surface area (Å²) < 4.78 is 39.0. The van der Waals surface area contributed by atoms with Gasteiger partial charge in [-0.3, -0.25) is 0 Å². The van der Waals surface area contributed by atoms with E-state index in [1.165, 1.54) is 11.3 Å². The topological polar surface area (TPSA) is 24.9 Å². The summed E-state index contributed by atoms with van der Waals surface area (Å²) in [5.41, 5.74) is -0.687. The average molecular weight is 292 g/mol. The summed E-state index contributed by atoms with van der Waals surface area (Å²) in [5.74, 6) is 0.235. The van der Waals surface area contributed by atoms with E-state index in [1.54, 1.807) is 0 Å². The summed E-state index contributed by atoms with van der Waals surface area (Å²) in [6.45, 7) is 4.09. The molecule has 0 saturated heterocycles. The first-order chi connectivity index (χ1) is 8.88. The Morgan fingerprint density at radius 1 is 1.32 bits per heavy atom. The Morgan fingerprint density at radius 2 is 1.95 bits per heavy atom. The van der Waals surface area contributed by atoms with Crippen LogP contribution in [0.25, 0.3) is 0 Å². The van der Waals surface area contributed by atoms with Gasteiger partial charge in [0, 0.05) is 18.5 Å². The lowest BCUT2D eigenvalue weighted by atomic mass is 10.1. The maximum absolute atomic E-state index is 13.0. The fourth-order valence-corrected chi connectivity index (χ4v) is 3.56. The Balaban J connectivity index is 2.23. The van der Waals surface area contributed by atoms with Crippen LogP contribution in [0.15, 0.2) is 0 Å². The average Bonchev–Trinajstić information content (AvgIpc) is 2.94. The van der Waals surface area contributed by atoms with E-state index in [1.807, 2.05) is 13.8 Å². The zero-order valence-electron chi connectivity index (χ0n) is 11.2. The van der Waals surface area contributed by atoms with Crippen LogP contribution < -0.4 is 5.32 Å². The first-order valence-electron chi connectivity index (χ1n) is 6.68. The highest BCUT2D eigenvalue weighted by Crippen LogP contribution is 2.41. The van der Waals surface area contributed by atoms with Crippen molar-refractivity contribution in [2.45, 2.75) is 64.2 Å². The highest BCUT2D eigenvalue weighted by Gasteiger charge is 2.38. The van der Waals surface area contributed by atoms with Gasteiger partial charge in [0.2, 0.25) is 0 Å². The fraction of sp³-hybridized carbons (Fsp3) is 0.769. The summed E-state index contributed by atoms with van der Waals surface area (Å²) in [4.78, 5) is 4.22. The monoisotopic (exact) mass is 292 g/mol. The lowest BCUT2D eigenvalue weighted by Gasteiger charge is -2.09. The SMILES string of the molecule is CC(C)NCc1sc(C2CCCC2)nc1C(F)(F)F. The van der Waals surface area contributed by atoms with E-state index in [4.69, 9.17) is 0 Å². The molecule has 6 heteroatoms. The highest BCUT2D eigenvalue weighted by atomic mass is 32.1. The normalized spacial score (nSPS) is 17.6. The molecule has 19 heavy (non-hydrogen) atoms. The molecular weight excluding hydrogens is 273 g/mol. The van der Waals surface area contributed by atoms with Crippen LogP contribution in [0, 0.1) is 0 Å². The predicted octanol–water partition coefficient (Wildman–Crippen LogP) is 4.32. The van der Waals surface area contributed by atoms with Gasteiger partial charge in [-0.25, -0.2) is 4.98 Å². The van der Waals surface area contributed by atoms with Crippen LogP contribution in [0.1, 0.15) is 61.0 Å². The lowest BCUT2D eigenvalue weighted by Crippen LogP contribution is -2.23. The molecule has 1 heterocycles. The van der Waals surface area contributed by atoms with Crippen molar-refractivity contribution in [2.75, 3.05) is 0 Å². The third-order valence-corrected chi connectivity index (χ3v) is 4.58. The number of hydrogen-bond acceptors (Lipinski definition) is 3. The standard InChI is InChI=1S/C13H19F3N2S/c1-8(2)17-7-10-11(13(14,15)16)18-12(19-10)9-5-3-4-6-9/h8-9,17H,3-7H2,1-2H3. The van der Waals surface area contributed by atoms with Crippen molar-refractivity contribution in [3.05, 3.63) is 15.6 Å². The minimum absolute atomic E-state index is 0.165. The maximum atomic E-state index is 13.0. The van der Waals surface area contributed by atoms with E-state index < -0.39 is 11.9 Å². The molecule has 0 aliphatic heterocycles. The van der Waals surface area contributed by atoms with Gasteiger partial charge in [0.15, 0.2) is 5.69 Å². The van der Waals surface area contributed by atoms with Crippen molar-refractivity contribution in [3.8, 4) is 0 Å². The molecule has 1 aromatic heterocycles. The molecule has 0 atom stereocenters. The minimum Gasteiger partial charge on any atom is -0.310 e. The van der Waals surface area contributed by atoms with Gasteiger partial charge in [0.25, 0.3) is 0 Å². The predicted molar refractivity (Wildman–Crippen MR) is 70.3 cm³/mol. The Labute approximate surface area is 115 Å². The van der Waals surface area contributed by atoms with Crippen LogP contribution in [0.2, 0.25) is 0 Å². The first-order valence-corrected chi connectivity index (χ1v) is 7.49. The third-order valence-electron chi connectivity index (χ3n) is 3.36. The molecule has 108 valence electrons. The zero-order chi connectivity index (χ0) is 14.0. The van der Waals surface area contributed by atoms with Crippen LogP contribution in [-0.4, -0.2) is 11.0 Å². The van der Waals surface area contributed by atoms with Gasteiger partial charge in [-0.2, -0.15) is 13.2 Å². The second-order valence-corrected chi connectivity index (χ2v) is 6.45. The molecule has 1 fully saturated rings. The highest BCUT2D eigenvalue weighted by molar-refractivity contribution is 7.11. The van der Waals surface area contributed by atoms with Crippen molar-refractivity contribution >= 4 is 11.3 Å². The van der Waals surface area contributed by atoms with E-state index >= 15 is 0 Å². The van der Waals surface area contributed by atoms with Crippen molar-refractivity contribution < 1.29 is 13.2 Å². The van der Waals surface area contributed by atoms with Gasteiger partial charge in [0.05, 0.1) is 9.88 Å². The van der Waals surface area contributed by atoms with Crippen molar-refractivity contribution in [1.82, 2.24) is 10.3 Å². The molecule has 1 N–H and O–H groups in total. The van der Waals surface area contributed by atoms with E-state index in [2.05, 4.69) is 10.3 Å². The number of alkyl halides is 3. The third kappa shape index (κ3) is 3.69. The van der Waals surface area contributed by atoms with E-state index in [-0.39, 0.29) is 18.5 Å². The second-order valence-electron chi connectivity index (χ2n) is 5.34. The van der Waals surface area contributed by atoms with E-state index in [0.29, 0.717) is 9.88 Å². The molecule has 1 aliphatic carbocycles. The quantitative estimate of drug-likeness (QED) is 0.894. The van der Waals surface area contributed by atoms with Crippen LogP contribution >= 0.6 is 11.3 Å². The number of thiazole rings is 1. The van der Waals surface area contributed by atoms with Gasteiger partial charge >= 0.3 is 6.18 Å². The minimum atomic E-state index is -4.35. The van der Waals surface area contributed by atoms with Gasteiger partial charge in [-0.1, -0.05) is 26.7 Å². The molecule has 2 rings (SSSR count). The van der Waals surface area contributed by atoms with Crippen molar-refractivity contribution in [2.24, 2.45) is 0 Å². The molecule has 1 saturated carbocycles. The number of nitrogens with zero attached hydrogens (tertiary/aromatic N) is 1. The molecule has 0 amide bonds. The number of nitrogens with one attached hydrogen (secondary N) is 1. The largest absolute Gasteiger partial charge is 0.434 e. The van der Waals surface area contributed by atoms with Gasteiger partial charge < -0.3 is 5.32 Å². The van der Waals surface area contributed by atoms with Gasteiger partial charge in [-0.05, 0) is 12.8 Å².